The Morgan fingerprint density at radius 3 is 2.34 bits per heavy atom. The summed E-state index contributed by atoms with van der Waals surface area (Å²) in [4.78, 5) is 18.7. The summed E-state index contributed by atoms with van der Waals surface area (Å²) in [7, 11) is 0. The van der Waals surface area contributed by atoms with Gasteiger partial charge in [0, 0.05) is 24.0 Å². The zero-order valence-electron chi connectivity index (χ0n) is 21.9. The molecule has 2 aromatic carbocycles. The Morgan fingerprint density at radius 1 is 1.00 bits per heavy atom. The van der Waals surface area contributed by atoms with Crippen molar-refractivity contribution < 1.29 is 0 Å². The molecule has 0 radical (unpaired) electrons. The van der Waals surface area contributed by atoms with E-state index < -0.39 is 0 Å². The van der Waals surface area contributed by atoms with Gasteiger partial charge in [0.15, 0.2) is 5.82 Å². The molecule has 184 valence electrons. The van der Waals surface area contributed by atoms with Gasteiger partial charge in [0.25, 0.3) is 5.56 Å². The van der Waals surface area contributed by atoms with Crippen LogP contribution in [0.1, 0.15) is 73.8 Å². The van der Waals surface area contributed by atoms with Gasteiger partial charge in [0.2, 0.25) is 0 Å². The molecule has 0 aliphatic heterocycles. The monoisotopic (exact) mass is 472 g/mol. The quantitative estimate of drug-likeness (QED) is 0.392. The van der Waals surface area contributed by atoms with Crippen molar-refractivity contribution in [3.63, 3.8) is 0 Å². The third-order valence-electron chi connectivity index (χ3n) is 6.65. The third kappa shape index (κ3) is 5.20. The first-order valence-electron chi connectivity index (χ1n) is 12.3. The van der Waals surface area contributed by atoms with Crippen LogP contribution in [0.15, 0.2) is 47.3 Å². The average molecular weight is 473 g/mol. The molecule has 2 heterocycles. The van der Waals surface area contributed by atoms with Crippen molar-refractivity contribution in [1.29, 1.82) is 0 Å². The smallest absolute Gasteiger partial charge is 0.252 e. The van der Waals surface area contributed by atoms with Gasteiger partial charge in [-0.05, 0) is 81.1 Å². The summed E-state index contributed by atoms with van der Waals surface area (Å²) < 4.78 is 1.90. The minimum atomic E-state index is -0.253. The zero-order valence-corrected chi connectivity index (χ0v) is 21.9. The highest BCUT2D eigenvalue weighted by molar-refractivity contribution is 5.85. The number of pyridine rings is 1. The summed E-state index contributed by atoms with van der Waals surface area (Å²) in [5.74, 6) is 0.816. The fraction of sp³-hybridized carbons (Fsp3) is 0.429. The molecule has 0 aliphatic carbocycles. The van der Waals surface area contributed by atoms with Gasteiger partial charge in [-0.15, -0.1) is 5.10 Å². The van der Waals surface area contributed by atoms with Crippen molar-refractivity contribution in [3.05, 3.63) is 86.5 Å². The lowest BCUT2D eigenvalue weighted by molar-refractivity contribution is 0.153. The molecule has 2 aromatic heterocycles. The predicted molar refractivity (Wildman–Crippen MR) is 140 cm³/mol. The standard InChI is InChI=1S/C28H36N6O/c1-8-24(26-30-31-32-34(26)28(5,6)7)33(16-21-13-9-18(2)10-14-21)17-22-15-23-19(3)11-12-20(4)25(23)29-27(22)35/h9-15,24H,8,16-17H2,1-7H3,(H,29,35)/t24-/m0/s1. The minimum absolute atomic E-state index is 0.0506. The average Bonchev–Trinajstić information content (AvgIpc) is 3.29. The van der Waals surface area contributed by atoms with E-state index in [1.165, 1.54) is 11.1 Å². The molecule has 7 heteroatoms. The Balaban J connectivity index is 1.80. The first-order valence-corrected chi connectivity index (χ1v) is 12.3. The number of rotatable bonds is 7. The summed E-state index contributed by atoms with van der Waals surface area (Å²) in [6.07, 6.45) is 0.811. The first kappa shape index (κ1) is 24.8. The molecule has 35 heavy (non-hydrogen) atoms. The van der Waals surface area contributed by atoms with E-state index >= 15 is 0 Å². The molecule has 1 atom stereocenters. The Morgan fingerprint density at radius 2 is 1.69 bits per heavy atom. The second-order valence-corrected chi connectivity index (χ2v) is 10.5. The number of nitrogens with one attached hydrogen (secondary N) is 1. The van der Waals surface area contributed by atoms with E-state index in [-0.39, 0.29) is 17.1 Å². The number of aromatic amines is 1. The molecule has 0 amide bonds. The lowest BCUT2D eigenvalue weighted by Crippen LogP contribution is -2.35. The molecule has 0 aliphatic rings. The van der Waals surface area contributed by atoms with E-state index in [0.29, 0.717) is 13.1 Å². The summed E-state index contributed by atoms with van der Waals surface area (Å²) in [5.41, 5.74) is 5.98. The number of hydrogen-bond acceptors (Lipinski definition) is 5. The van der Waals surface area contributed by atoms with Gasteiger partial charge in [-0.25, -0.2) is 4.68 Å². The number of nitrogens with zero attached hydrogens (tertiary/aromatic N) is 5. The van der Waals surface area contributed by atoms with Crippen molar-refractivity contribution in [2.24, 2.45) is 0 Å². The second-order valence-electron chi connectivity index (χ2n) is 10.5. The van der Waals surface area contributed by atoms with Gasteiger partial charge >= 0.3 is 0 Å². The summed E-state index contributed by atoms with van der Waals surface area (Å²) >= 11 is 0. The number of hydrogen-bond donors (Lipinski definition) is 1. The molecule has 0 unspecified atom stereocenters. The van der Waals surface area contributed by atoms with Gasteiger partial charge in [0.05, 0.1) is 17.1 Å². The lowest BCUT2D eigenvalue weighted by Gasteiger charge is -2.32. The highest BCUT2D eigenvalue weighted by Crippen LogP contribution is 2.29. The highest BCUT2D eigenvalue weighted by atomic mass is 16.1. The topological polar surface area (TPSA) is 79.7 Å². The van der Waals surface area contributed by atoms with Crippen LogP contribution >= 0.6 is 0 Å². The van der Waals surface area contributed by atoms with E-state index in [1.807, 2.05) is 11.6 Å². The maximum absolute atomic E-state index is 13.2. The van der Waals surface area contributed by atoms with Crippen LogP contribution in [0.3, 0.4) is 0 Å². The summed E-state index contributed by atoms with van der Waals surface area (Å²) in [6.45, 7) is 15.8. The largest absolute Gasteiger partial charge is 0.321 e. The van der Waals surface area contributed by atoms with Crippen LogP contribution in [0.5, 0.6) is 0 Å². The SMILES string of the molecule is CC[C@@H](c1nnnn1C(C)(C)C)N(Cc1ccc(C)cc1)Cc1cc2c(C)ccc(C)c2[nH]c1=O. The van der Waals surface area contributed by atoms with Gasteiger partial charge in [-0.3, -0.25) is 9.69 Å². The molecule has 0 saturated heterocycles. The Labute approximate surface area is 207 Å². The second kappa shape index (κ2) is 9.74. The van der Waals surface area contributed by atoms with Gasteiger partial charge in [-0.1, -0.05) is 48.9 Å². The molecule has 1 N–H and O–H groups in total. The fourth-order valence-corrected chi connectivity index (χ4v) is 4.64. The number of H-pyrrole nitrogens is 1. The number of aromatic nitrogens is 5. The number of tetrazole rings is 1. The van der Waals surface area contributed by atoms with E-state index in [4.69, 9.17) is 0 Å². The van der Waals surface area contributed by atoms with Crippen molar-refractivity contribution in [3.8, 4) is 0 Å². The third-order valence-corrected chi connectivity index (χ3v) is 6.65. The Hall–Kier alpha value is -3.32. The highest BCUT2D eigenvalue weighted by Gasteiger charge is 2.29. The van der Waals surface area contributed by atoms with Gasteiger partial charge < -0.3 is 4.98 Å². The molecular formula is C28H36N6O. The van der Waals surface area contributed by atoms with Crippen molar-refractivity contribution in [2.45, 2.75) is 79.6 Å². The molecule has 0 bridgehead atoms. The number of benzene rings is 2. The summed E-state index contributed by atoms with van der Waals surface area (Å²) in [5, 5.41) is 13.8. The molecule has 0 fully saturated rings. The first-order chi connectivity index (χ1) is 16.6. The van der Waals surface area contributed by atoms with Gasteiger partial charge in [-0.2, -0.15) is 0 Å². The minimum Gasteiger partial charge on any atom is -0.321 e. The van der Waals surface area contributed by atoms with Crippen molar-refractivity contribution in [1.82, 2.24) is 30.1 Å². The number of aryl methyl sites for hydroxylation is 3. The zero-order chi connectivity index (χ0) is 25.3. The van der Waals surface area contributed by atoms with Crippen LogP contribution in [0.4, 0.5) is 0 Å². The molecule has 0 spiro atoms. The molecule has 0 saturated carbocycles. The van der Waals surface area contributed by atoms with E-state index in [9.17, 15) is 4.79 Å². The van der Waals surface area contributed by atoms with E-state index in [0.717, 1.165) is 39.8 Å². The van der Waals surface area contributed by atoms with Crippen LogP contribution in [0.2, 0.25) is 0 Å². The van der Waals surface area contributed by atoms with E-state index in [2.05, 4.69) is 109 Å². The lowest BCUT2D eigenvalue weighted by atomic mass is 10.0. The Bertz CT molecular complexity index is 1380. The molecule has 4 rings (SSSR count). The van der Waals surface area contributed by atoms with Crippen LogP contribution in [0.25, 0.3) is 10.9 Å². The van der Waals surface area contributed by atoms with E-state index in [1.54, 1.807) is 0 Å². The van der Waals surface area contributed by atoms with Gasteiger partial charge in [0.1, 0.15) is 0 Å². The van der Waals surface area contributed by atoms with Crippen molar-refractivity contribution >= 4 is 10.9 Å². The molecular weight excluding hydrogens is 436 g/mol. The van der Waals surface area contributed by atoms with Crippen LogP contribution in [-0.4, -0.2) is 30.1 Å². The maximum Gasteiger partial charge on any atom is 0.252 e. The predicted octanol–water partition coefficient (Wildman–Crippen LogP) is 5.35. The van der Waals surface area contributed by atoms with Crippen LogP contribution in [-0.2, 0) is 18.6 Å². The van der Waals surface area contributed by atoms with Crippen LogP contribution in [0, 0.1) is 20.8 Å². The van der Waals surface area contributed by atoms with Crippen molar-refractivity contribution in [2.75, 3.05) is 0 Å². The van der Waals surface area contributed by atoms with Crippen LogP contribution < -0.4 is 5.56 Å². The molecule has 7 nitrogen and oxygen atoms in total. The number of fused-ring (bicyclic) bond motifs is 1. The normalized spacial score (nSPS) is 13.0. The Kier molecular flexibility index (Phi) is 6.90. The molecule has 4 aromatic rings. The maximum atomic E-state index is 13.2. The fourth-order valence-electron chi connectivity index (χ4n) is 4.64. The summed E-state index contributed by atoms with van der Waals surface area (Å²) in [6, 6.07) is 14.7.